The third-order valence-corrected chi connectivity index (χ3v) is 3.03. The molecule has 1 fully saturated rings. The fourth-order valence-corrected chi connectivity index (χ4v) is 1.77. The molecular weight excluding hydrogens is 200 g/mol. The molecule has 0 saturated heterocycles. The molecule has 3 heteroatoms. The van der Waals surface area contributed by atoms with Crippen molar-refractivity contribution in [2.45, 2.75) is 25.9 Å². The molecule has 3 nitrogen and oxygen atoms in total. The van der Waals surface area contributed by atoms with Gasteiger partial charge in [-0.25, -0.2) is 0 Å². The summed E-state index contributed by atoms with van der Waals surface area (Å²) in [6.07, 6.45) is 2.06. The molecule has 1 saturated carbocycles. The Morgan fingerprint density at radius 1 is 1.56 bits per heavy atom. The van der Waals surface area contributed by atoms with E-state index in [1.165, 1.54) is 0 Å². The average Bonchev–Trinajstić information content (AvgIpc) is 3.10. The maximum absolute atomic E-state index is 9.71. The smallest absolute Gasteiger partial charge is 0.0994 e. The van der Waals surface area contributed by atoms with Crippen LogP contribution in [0, 0.1) is 24.2 Å². The molecule has 1 aliphatic carbocycles. The van der Waals surface area contributed by atoms with Crippen LogP contribution in [0.15, 0.2) is 18.2 Å². The van der Waals surface area contributed by atoms with E-state index in [4.69, 9.17) is 5.26 Å². The average molecular weight is 216 g/mol. The van der Waals surface area contributed by atoms with Crippen molar-refractivity contribution in [1.82, 2.24) is 0 Å². The minimum Gasteiger partial charge on any atom is -0.391 e. The summed E-state index contributed by atoms with van der Waals surface area (Å²) >= 11 is 0. The molecule has 2 N–H and O–H groups in total. The van der Waals surface area contributed by atoms with Crippen LogP contribution in [0.2, 0.25) is 0 Å². The van der Waals surface area contributed by atoms with Gasteiger partial charge in [0.05, 0.1) is 17.7 Å². The molecule has 1 unspecified atom stereocenters. The number of anilines is 1. The number of hydrogen-bond acceptors (Lipinski definition) is 3. The van der Waals surface area contributed by atoms with E-state index in [0.29, 0.717) is 18.0 Å². The Balaban J connectivity index is 1.94. The predicted molar refractivity (Wildman–Crippen MR) is 63.1 cm³/mol. The first-order valence-corrected chi connectivity index (χ1v) is 5.63. The van der Waals surface area contributed by atoms with E-state index in [0.717, 1.165) is 24.1 Å². The van der Waals surface area contributed by atoms with Gasteiger partial charge in [0.1, 0.15) is 0 Å². The normalized spacial score (nSPS) is 16.6. The Labute approximate surface area is 95.7 Å². The van der Waals surface area contributed by atoms with Crippen molar-refractivity contribution in [2.24, 2.45) is 5.92 Å². The molecule has 84 valence electrons. The molecule has 1 aromatic rings. The van der Waals surface area contributed by atoms with Gasteiger partial charge in [0, 0.05) is 12.2 Å². The topological polar surface area (TPSA) is 56.0 Å². The molecule has 0 spiro atoms. The fourth-order valence-electron chi connectivity index (χ4n) is 1.77. The lowest BCUT2D eigenvalue weighted by atomic mass is 10.1. The molecule has 0 bridgehead atoms. The number of benzene rings is 1. The lowest BCUT2D eigenvalue weighted by Gasteiger charge is -2.12. The van der Waals surface area contributed by atoms with Crippen molar-refractivity contribution in [3.05, 3.63) is 29.3 Å². The quantitative estimate of drug-likeness (QED) is 0.809. The van der Waals surface area contributed by atoms with Crippen molar-refractivity contribution >= 4 is 5.69 Å². The third kappa shape index (κ3) is 2.53. The number of aliphatic hydroxyl groups excluding tert-OH is 1. The second-order valence-electron chi connectivity index (χ2n) is 4.43. The molecule has 0 radical (unpaired) electrons. The Bertz CT molecular complexity index is 418. The van der Waals surface area contributed by atoms with E-state index in [2.05, 4.69) is 11.4 Å². The van der Waals surface area contributed by atoms with Crippen LogP contribution >= 0.6 is 0 Å². The second kappa shape index (κ2) is 4.54. The van der Waals surface area contributed by atoms with Crippen LogP contribution in [-0.2, 0) is 0 Å². The van der Waals surface area contributed by atoms with Crippen molar-refractivity contribution < 1.29 is 5.11 Å². The Hall–Kier alpha value is -1.53. The van der Waals surface area contributed by atoms with Crippen LogP contribution in [0.4, 0.5) is 5.69 Å². The van der Waals surface area contributed by atoms with E-state index >= 15 is 0 Å². The zero-order valence-electron chi connectivity index (χ0n) is 9.40. The van der Waals surface area contributed by atoms with Gasteiger partial charge >= 0.3 is 0 Å². The molecule has 1 aliphatic rings. The molecule has 0 aromatic heterocycles. The summed E-state index contributed by atoms with van der Waals surface area (Å²) in [5.41, 5.74) is 2.64. The number of rotatable bonds is 4. The number of aliphatic hydroxyl groups is 1. The highest BCUT2D eigenvalue weighted by Crippen LogP contribution is 2.32. The van der Waals surface area contributed by atoms with E-state index < -0.39 is 0 Å². The van der Waals surface area contributed by atoms with Crippen molar-refractivity contribution in [1.29, 1.82) is 5.26 Å². The van der Waals surface area contributed by atoms with Gasteiger partial charge in [0.2, 0.25) is 0 Å². The molecule has 16 heavy (non-hydrogen) atoms. The highest BCUT2D eigenvalue weighted by molar-refractivity contribution is 5.51. The summed E-state index contributed by atoms with van der Waals surface area (Å²) in [4.78, 5) is 0. The maximum atomic E-state index is 9.71. The largest absolute Gasteiger partial charge is 0.391 e. The monoisotopic (exact) mass is 216 g/mol. The minimum absolute atomic E-state index is 0.240. The Morgan fingerprint density at radius 3 is 2.88 bits per heavy atom. The van der Waals surface area contributed by atoms with Crippen LogP contribution in [0.3, 0.4) is 0 Å². The van der Waals surface area contributed by atoms with Crippen LogP contribution in [0.5, 0.6) is 0 Å². The number of nitrogens with one attached hydrogen (secondary N) is 1. The van der Waals surface area contributed by atoms with E-state index in [-0.39, 0.29) is 6.10 Å². The van der Waals surface area contributed by atoms with Gasteiger partial charge in [0.15, 0.2) is 0 Å². The number of nitriles is 1. The summed E-state index contributed by atoms with van der Waals surface area (Å²) in [7, 11) is 0. The number of aryl methyl sites for hydroxylation is 1. The summed E-state index contributed by atoms with van der Waals surface area (Å²) < 4.78 is 0. The summed E-state index contributed by atoms with van der Waals surface area (Å²) in [5, 5.41) is 21.7. The lowest BCUT2D eigenvalue weighted by Crippen LogP contribution is -2.21. The van der Waals surface area contributed by atoms with E-state index in [9.17, 15) is 5.11 Å². The van der Waals surface area contributed by atoms with Gasteiger partial charge in [-0.15, -0.1) is 0 Å². The minimum atomic E-state index is -0.240. The van der Waals surface area contributed by atoms with Gasteiger partial charge < -0.3 is 10.4 Å². The number of nitrogens with zero attached hydrogens (tertiary/aromatic N) is 1. The van der Waals surface area contributed by atoms with Crippen molar-refractivity contribution in [3.63, 3.8) is 0 Å². The standard InChI is InChI=1S/C13H16N2O/c1-9-6-12(5-4-11(9)7-14)15-8-13(16)10-2-3-10/h4-6,10,13,15-16H,2-3,8H2,1H3. The van der Waals surface area contributed by atoms with Gasteiger partial charge in [0.25, 0.3) is 0 Å². The molecular formula is C13H16N2O. The van der Waals surface area contributed by atoms with Gasteiger partial charge in [-0.3, -0.25) is 0 Å². The van der Waals surface area contributed by atoms with Crippen LogP contribution in [0.1, 0.15) is 24.0 Å². The van der Waals surface area contributed by atoms with Gasteiger partial charge in [-0.1, -0.05) is 0 Å². The summed E-state index contributed by atoms with van der Waals surface area (Å²) in [6, 6.07) is 7.77. The predicted octanol–water partition coefficient (Wildman–Crippen LogP) is 2.05. The first kappa shape index (κ1) is 11.0. The third-order valence-electron chi connectivity index (χ3n) is 3.03. The molecule has 0 amide bonds. The molecule has 1 atom stereocenters. The Morgan fingerprint density at radius 2 is 2.31 bits per heavy atom. The highest BCUT2D eigenvalue weighted by atomic mass is 16.3. The van der Waals surface area contributed by atoms with Crippen LogP contribution < -0.4 is 5.32 Å². The lowest BCUT2D eigenvalue weighted by molar-refractivity contribution is 0.164. The maximum Gasteiger partial charge on any atom is 0.0994 e. The molecule has 0 heterocycles. The summed E-state index contributed by atoms with van der Waals surface area (Å²) in [6.45, 7) is 2.51. The molecule has 1 aromatic carbocycles. The van der Waals surface area contributed by atoms with Crippen LogP contribution in [-0.4, -0.2) is 17.8 Å². The van der Waals surface area contributed by atoms with Crippen molar-refractivity contribution in [2.75, 3.05) is 11.9 Å². The van der Waals surface area contributed by atoms with Crippen LogP contribution in [0.25, 0.3) is 0 Å². The van der Waals surface area contributed by atoms with Gasteiger partial charge in [-0.05, 0) is 49.4 Å². The summed E-state index contributed by atoms with van der Waals surface area (Å²) in [5.74, 6) is 0.493. The SMILES string of the molecule is Cc1cc(NCC(O)C2CC2)ccc1C#N. The zero-order chi connectivity index (χ0) is 11.5. The first-order valence-electron chi connectivity index (χ1n) is 5.63. The zero-order valence-corrected chi connectivity index (χ0v) is 9.40. The number of hydrogen-bond donors (Lipinski definition) is 2. The Kier molecular flexibility index (Phi) is 3.12. The fraction of sp³-hybridized carbons (Fsp3) is 0.462. The molecule has 0 aliphatic heterocycles. The molecule has 2 rings (SSSR count). The van der Waals surface area contributed by atoms with Gasteiger partial charge in [-0.2, -0.15) is 5.26 Å². The van der Waals surface area contributed by atoms with E-state index in [1.54, 1.807) is 6.07 Å². The first-order chi connectivity index (χ1) is 7.70. The van der Waals surface area contributed by atoms with Crippen molar-refractivity contribution in [3.8, 4) is 6.07 Å². The highest BCUT2D eigenvalue weighted by Gasteiger charge is 2.29. The second-order valence-corrected chi connectivity index (χ2v) is 4.43. The van der Waals surface area contributed by atoms with E-state index in [1.807, 2.05) is 19.1 Å².